The Hall–Kier alpha value is -1.22. The van der Waals surface area contributed by atoms with Gasteiger partial charge in [-0.1, -0.05) is 25.5 Å². The number of hydrogen-bond acceptors (Lipinski definition) is 3. The fraction of sp³-hybridized carbons (Fsp3) is 0.600. The summed E-state index contributed by atoms with van der Waals surface area (Å²) < 4.78 is 5.67. The molecule has 0 fully saturated rings. The topological polar surface area (TPSA) is 24.5 Å². The number of ether oxygens (including phenoxy) is 1. The van der Waals surface area contributed by atoms with E-state index in [1.165, 1.54) is 24.2 Å². The van der Waals surface area contributed by atoms with Gasteiger partial charge in [0.25, 0.3) is 0 Å². The highest BCUT2D eigenvalue weighted by atomic mass is 16.5. The Kier molecular flexibility index (Phi) is 5.34. The van der Waals surface area contributed by atoms with Crippen molar-refractivity contribution in [1.29, 1.82) is 0 Å². The summed E-state index contributed by atoms with van der Waals surface area (Å²) in [6, 6.07) is 8.55. The predicted molar refractivity (Wildman–Crippen MR) is 77.5 cm³/mol. The Morgan fingerprint density at radius 3 is 3.06 bits per heavy atom. The van der Waals surface area contributed by atoms with Crippen molar-refractivity contribution in [2.45, 2.75) is 26.2 Å². The second kappa shape index (κ2) is 7.27. The maximum Gasteiger partial charge on any atom is 0.0641 e. The number of hydrogen-bond donors (Lipinski definition) is 1. The SMILES string of the molecule is CCCCOCCN1CCCNc2ccccc21. The number of unbranched alkanes of at least 4 members (excludes halogenated alkanes) is 1. The van der Waals surface area contributed by atoms with Crippen molar-refractivity contribution in [3.05, 3.63) is 24.3 Å². The highest BCUT2D eigenvalue weighted by Gasteiger charge is 2.13. The molecule has 1 N–H and O–H groups in total. The summed E-state index contributed by atoms with van der Waals surface area (Å²) in [5.41, 5.74) is 2.57. The first-order chi connectivity index (χ1) is 8.92. The van der Waals surface area contributed by atoms with E-state index in [0.29, 0.717) is 0 Å². The second-order valence-corrected chi connectivity index (χ2v) is 4.75. The van der Waals surface area contributed by atoms with Crippen LogP contribution in [0.1, 0.15) is 26.2 Å². The smallest absolute Gasteiger partial charge is 0.0641 e. The molecule has 0 amide bonds. The zero-order valence-electron chi connectivity index (χ0n) is 11.3. The van der Waals surface area contributed by atoms with Crippen molar-refractivity contribution in [2.75, 3.05) is 43.1 Å². The molecule has 0 aliphatic carbocycles. The minimum absolute atomic E-state index is 0.828. The fourth-order valence-electron chi connectivity index (χ4n) is 2.27. The van der Waals surface area contributed by atoms with Crippen molar-refractivity contribution in [2.24, 2.45) is 0 Å². The van der Waals surface area contributed by atoms with Gasteiger partial charge in [-0.15, -0.1) is 0 Å². The van der Waals surface area contributed by atoms with Crippen LogP contribution in [-0.4, -0.2) is 32.8 Å². The van der Waals surface area contributed by atoms with Crippen molar-refractivity contribution in [3.63, 3.8) is 0 Å². The molecule has 18 heavy (non-hydrogen) atoms. The molecule has 3 heteroatoms. The molecule has 0 saturated carbocycles. The first-order valence-corrected chi connectivity index (χ1v) is 7.07. The molecule has 1 aliphatic rings. The molecular weight excluding hydrogens is 224 g/mol. The maximum atomic E-state index is 5.67. The zero-order chi connectivity index (χ0) is 12.6. The molecule has 2 rings (SSSR count). The molecule has 1 aromatic carbocycles. The van der Waals surface area contributed by atoms with Gasteiger partial charge in [-0.05, 0) is 25.0 Å². The molecule has 0 saturated heterocycles. The van der Waals surface area contributed by atoms with Crippen molar-refractivity contribution < 1.29 is 4.74 Å². The lowest BCUT2D eigenvalue weighted by Crippen LogP contribution is -2.28. The highest BCUT2D eigenvalue weighted by Crippen LogP contribution is 2.27. The summed E-state index contributed by atoms with van der Waals surface area (Å²) in [5, 5.41) is 3.48. The third kappa shape index (κ3) is 3.64. The Morgan fingerprint density at radius 1 is 1.28 bits per heavy atom. The van der Waals surface area contributed by atoms with E-state index in [4.69, 9.17) is 4.74 Å². The van der Waals surface area contributed by atoms with E-state index in [9.17, 15) is 0 Å². The van der Waals surface area contributed by atoms with Crippen LogP contribution in [0.5, 0.6) is 0 Å². The Morgan fingerprint density at radius 2 is 2.17 bits per heavy atom. The van der Waals surface area contributed by atoms with Gasteiger partial charge >= 0.3 is 0 Å². The van der Waals surface area contributed by atoms with Crippen LogP contribution >= 0.6 is 0 Å². The molecule has 0 atom stereocenters. The quantitative estimate of drug-likeness (QED) is 0.783. The molecule has 0 aromatic heterocycles. The first-order valence-electron chi connectivity index (χ1n) is 7.07. The van der Waals surface area contributed by atoms with Gasteiger partial charge in [0.1, 0.15) is 0 Å². The monoisotopic (exact) mass is 248 g/mol. The van der Waals surface area contributed by atoms with Crippen molar-refractivity contribution in [3.8, 4) is 0 Å². The zero-order valence-corrected chi connectivity index (χ0v) is 11.3. The molecule has 0 radical (unpaired) electrons. The van der Waals surface area contributed by atoms with Crippen LogP contribution in [0.15, 0.2) is 24.3 Å². The lowest BCUT2D eigenvalue weighted by Gasteiger charge is -2.24. The Balaban J connectivity index is 1.88. The largest absolute Gasteiger partial charge is 0.383 e. The lowest BCUT2D eigenvalue weighted by atomic mass is 10.2. The number of benzene rings is 1. The predicted octanol–water partition coefficient (Wildman–Crippen LogP) is 3.13. The molecule has 0 unspecified atom stereocenters. The van der Waals surface area contributed by atoms with E-state index in [-0.39, 0.29) is 0 Å². The summed E-state index contributed by atoms with van der Waals surface area (Å²) in [6.07, 6.45) is 3.55. The van der Waals surface area contributed by atoms with Gasteiger partial charge in [0.15, 0.2) is 0 Å². The van der Waals surface area contributed by atoms with Gasteiger partial charge in [-0.25, -0.2) is 0 Å². The van der Waals surface area contributed by atoms with Crippen LogP contribution in [0.2, 0.25) is 0 Å². The van der Waals surface area contributed by atoms with E-state index < -0.39 is 0 Å². The van der Waals surface area contributed by atoms with Crippen molar-refractivity contribution in [1.82, 2.24) is 0 Å². The number of para-hydroxylation sites is 2. The normalized spacial score (nSPS) is 14.8. The van der Waals surface area contributed by atoms with Crippen LogP contribution in [0, 0.1) is 0 Å². The van der Waals surface area contributed by atoms with Crippen LogP contribution in [0.4, 0.5) is 11.4 Å². The van der Waals surface area contributed by atoms with E-state index in [0.717, 1.165) is 39.3 Å². The molecular formula is C15H24N2O. The molecule has 0 bridgehead atoms. The summed E-state index contributed by atoms with van der Waals surface area (Å²) in [6.45, 7) is 7.08. The third-order valence-corrected chi connectivity index (χ3v) is 3.31. The van der Waals surface area contributed by atoms with Crippen LogP contribution in [0.3, 0.4) is 0 Å². The van der Waals surface area contributed by atoms with Crippen LogP contribution < -0.4 is 10.2 Å². The summed E-state index contributed by atoms with van der Waals surface area (Å²) in [4.78, 5) is 2.43. The molecule has 1 aliphatic heterocycles. The Bertz CT molecular complexity index is 354. The first kappa shape index (κ1) is 13.2. The average molecular weight is 248 g/mol. The number of anilines is 2. The van der Waals surface area contributed by atoms with Crippen LogP contribution in [0.25, 0.3) is 0 Å². The maximum absolute atomic E-state index is 5.67. The average Bonchev–Trinajstić information content (AvgIpc) is 2.61. The minimum atomic E-state index is 0.828. The molecule has 3 nitrogen and oxygen atoms in total. The van der Waals surface area contributed by atoms with E-state index in [2.05, 4.69) is 41.4 Å². The summed E-state index contributed by atoms with van der Waals surface area (Å²) in [7, 11) is 0. The fourth-order valence-corrected chi connectivity index (χ4v) is 2.27. The number of fused-ring (bicyclic) bond motifs is 1. The molecule has 0 spiro atoms. The Labute approximate surface area is 110 Å². The number of rotatable bonds is 6. The van der Waals surface area contributed by atoms with E-state index in [1.54, 1.807) is 0 Å². The lowest BCUT2D eigenvalue weighted by molar-refractivity contribution is 0.137. The van der Waals surface area contributed by atoms with Gasteiger partial charge < -0.3 is 15.0 Å². The van der Waals surface area contributed by atoms with Gasteiger partial charge in [0.2, 0.25) is 0 Å². The highest BCUT2D eigenvalue weighted by molar-refractivity contribution is 5.70. The standard InChI is InChI=1S/C15H24N2O/c1-2-3-12-18-13-11-17-10-6-9-16-14-7-4-5-8-15(14)17/h4-5,7-8,16H,2-3,6,9-13H2,1H3. The van der Waals surface area contributed by atoms with Gasteiger partial charge in [0.05, 0.1) is 18.0 Å². The van der Waals surface area contributed by atoms with E-state index >= 15 is 0 Å². The third-order valence-electron chi connectivity index (χ3n) is 3.31. The second-order valence-electron chi connectivity index (χ2n) is 4.75. The van der Waals surface area contributed by atoms with Crippen molar-refractivity contribution >= 4 is 11.4 Å². The molecule has 1 heterocycles. The molecule has 100 valence electrons. The number of nitrogens with one attached hydrogen (secondary N) is 1. The van der Waals surface area contributed by atoms with Gasteiger partial charge in [-0.2, -0.15) is 0 Å². The molecule has 1 aromatic rings. The number of nitrogens with zero attached hydrogens (tertiary/aromatic N) is 1. The van der Waals surface area contributed by atoms with E-state index in [1.807, 2.05) is 0 Å². The van der Waals surface area contributed by atoms with Gasteiger partial charge in [0, 0.05) is 26.2 Å². The summed E-state index contributed by atoms with van der Waals surface area (Å²) in [5.74, 6) is 0. The summed E-state index contributed by atoms with van der Waals surface area (Å²) >= 11 is 0. The van der Waals surface area contributed by atoms with Crippen LogP contribution in [-0.2, 0) is 4.74 Å². The minimum Gasteiger partial charge on any atom is -0.383 e. The van der Waals surface area contributed by atoms with Gasteiger partial charge in [-0.3, -0.25) is 0 Å².